The summed E-state index contributed by atoms with van der Waals surface area (Å²) in [6.45, 7) is 9.25. The maximum atomic E-state index is 13.4. The first-order chi connectivity index (χ1) is 13.5. The van der Waals surface area contributed by atoms with Crippen molar-refractivity contribution in [2.75, 3.05) is 10.6 Å². The summed E-state index contributed by atoms with van der Waals surface area (Å²) in [6, 6.07) is 6.53. The number of aromatic nitrogens is 1. The minimum Gasteiger partial charge on any atom is -0.395 e. The molecule has 0 spiro atoms. The van der Waals surface area contributed by atoms with Gasteiger partial charge in [0.25, 0.3) is 11.8 Å². The number of nitrogens with one attached hydrogen (secondary N) is 1. The van der Waals surface area contributed by atoms with E-state index >= 15 is 0 Å². The van der Waals surface area contributed by atoms with Crippen LogP contribution in [0.3, 0.4) is 0 Å². The quantitative estimate of drug-likeness (QED) is 0.664. The Balaban J connectivity index is 2.49. The molecule has 0 fully saturated rings. The standard InChI is InChI=1S/C20H27N5O3S/c1-6-12-7-9-13(10-8-12)25(11(2)18(27)23-20(3,4)5)19(28)16-14(21)15(17(22)26)24-29-16/h7-11H,6,21H2,1-5H3,(H2,22,26)(H,23,27)/t11-/m1/s1. The molecule has 1 atom stereocenters. The second-order valence-corrected chi connectivity index (χ2v) is 8.52. The molecule has 0 aliphatic heterocycles. The van der Waals surface area contributed by atoms with Gasteiger partial charge in [-0.15, -0.1) is 0 Å². The Morgan fingerprint density at radius 2 is 1.79 bits per heavy atom. The lowest BCUT2D eigenvalue weighted by atomic mass is 10.1. The Morgan fingerprint density at radius 1 is 1.21 bits per heavy atom. The molecule has 1 aromatic heterocycles. The van der Waals surface area contributed by atoms with E-state index in [2.05, 4.69) is 9.69 Å². The highest BCUT2D eigenvalue weighted by Gasteiger charge is 2.33. The number of anilines is 2. The summed E-state index contributed by atoms with van der Waals surface area (Å²) < 4.78 is 3.90. The van der Waals surface area contributed by atoms with Gasteiger partial charge in [-0.25, -0.2) is 0 Å². The van der Waals surface area contributed by atoms with Gasteiger partial charge in [-0.2, -0.15) is 4.37 Å². The van der Waals surface area contributed by atoms with Crippen molar-refractivity contribution in [1.82, 2.24) is 9.69 Å². The van der Waals surface area contributed by atoms with Gasteiger partial charge in [-0.3, -0.25) is 19.3 Å². The maximum absolute atomic E-state index is 13.4. The monoisotopic (exact) mass is 417 g/mol. The number of benzene rings is 1. The van der Waals surface area contributed by atoms with Gasteiger partial charge in [0.05, 0.1) is 5.69 Å². The van der Waals surface area contributed by atoms with E-state index in [1.165, 1.54) is 4.90 Å². The fourth-order valence-corrected chi connectivity index (χ4v) is 3.48. The second kappa shape index (κ2) is 8.60. The molecule has 156 valence electrons. The predicted octanol–water partition coefficient (Wildman–Crippen LogP) is 2.34. The van der Waals surface area contributed by atoms with E-state index in [-0.39, 0.29) is 22.2 Å². The zero-order chi connectivity index (χ0) is 21.9. The SMILES string of the molecule is CCc1ccc(N(C(=O)c2snc(C(N)=O)c2N)[C@H](C)C(=O)NC(C)(C)C)cc1. The van der Waals surface area contributed by atoms with Crippen LogP contribution in [0.5, 0.6) is 0 Å². The molecule has 29 heavy (non-hydrogen) atoms. The Labute approximate surface area is 174 Å². The summed E-state index contributed by atoms with van der Waals surface area (Å²) in [6.07, 6.45) is 0.845. The van der Waals surface area contributed by atoms with Crippen LogP contribution in [0.2, 0.25) is 0 Å². The molecule has 2 aromatic rings. The zero-order valence-corrected chi connectivity index (χ0v) is 18.1. The summed E-state index contributed by atoms with van der Waals surface area (Å²) in [5.74, 6) is -1.65. The third-order valence-electron chi connectivity index (χ3n) is 4.26. The van der Waals surface area contributed by atoms with Crippen LogP contribution >= 0.6 is 11.5 Å². The van der Waals surface area contributed by atoms with E-state index in [1.807, 2.05) is 39.8 Å². The zero-order valence-electron chi connectivity index (χ0n) is 17.3. The Kier molecular flexibility index (Phi) is 6.63. The molecule has 0 radical (unpaired) electrons. The van der Waals surface area contributed by atoms with Crippen molar-refractivity contribution >= 4 is 40.6 Å². The molecule has 0 aliphatic carbocycles. The van der Waals surface area contributed by atoms with Crippen molar-refractivity contribution < 1.29 is 14.4 Å². The van der Waals surface area contributed by atoms with Crippen molar-refractivity contribution in [2.45, 2.75) is 52.6 Å². The highest BCUT2D eigenvalue weighted by Crippen LogP contribution is 2.28. The van der Waals surface area contributed by atoms with Gasteiger partial charge in [-0.1, -0.05) is 19.1 Å². The first-order valence-electron chi connectivity index (χ1n) is 9.25. The number of hydrogen-bond donors (Lipinski definition) is 3. The normalized spacial score (nSPS) is 12.3. The van der Waals surface area contributed by atoms with E-state index in [0.717, 1.165) is 23.5 Å². The summed E-state index contributed by atoms with van der Waals surface area (Å²) >= 11 is 0.787. The van der Waals surface area contributed by atoms with Gasteiger partial charge in [0.2, 0.25) is 5.91 Å². The Bertz CT molecular complexity index is 915. The van der Waals surface area contributed by atoms with Crippen LogP contribution in [-0.4, -0.2) is 33.7 Å². The first-order valence-corrected chi connectivity index (χ1v) is 10.0. The molecule has 1 aromatic carbocycles. The lowest BCUT2D eigenvalue weighted by molar-refractivity contribution is -0.123. The highest BCUT2D eigenvalue weighted by atomic mass is 32.1. The lowest BCUT2D eigenvalue weighted by Gasteiger charge is -2.31. The number of aryl methyl sites for hydroxylation is 1. The van der Waals surface area contributed by atoms with E-state index in [4.69, 9.17) is 11.5 Å². The molecule has 5 N–H and O–H groups in total. The van der Waals surface area contributed by atoms with Gasteiger partial charge in [-0.05, 0) is 63.3 Å². The van der Waals surface area contributed by atoms with Crippen molar-refractivity contribution in [3.63, 3.8) is 0 Å². The number of hydrogen-bond acceptors (Lipinski definition) is 6. The van der Waals surface area contributed by atoms with Crippen LogP contribution < -0.4 is 21.7 Å². The molecular weight excluding hydrogens is 390 g/mol. The van der Waals surface area contributed by atoms with Crippen molar-refractivity contribution in [1.29, 1.82) is 0 Å². The first kappa shape index (κ1) is 22.4. The minimum absolute atomic E-state index is 0.0637. The molecule has 8 nitrogen and oxygen atoms in total. The maximum Gasteiger partial charge on any atom is 0.272 e. The van der Waals surface area contributed by atoms with E-state index in [9.17, 15) is 14.4 Å². The summed E-state index contributed by atoms with van der Waals surface area (Å²) in [7, 11) is 0. The average molecular weight is 418 g/mol. The van der Waals surface area contributed by atoms with Crippen molar-refractivity contribution in [3.8, 4) is 0 Å². The molecule has 2 rings (SSSR count). The molecule has 1 heterocycles. The summed E-state index contributed by atoms with van der Waals surface area (Å²) in [4.78, 5) is 39.0. The third-order valence-corrected chi connectivity index (χ3v) is 5.11. The molecule has 0 bridgehead atoms. The van der Waals surface area contributed by atoms with Gasteiger partial charge >= 0.3 is 0 Å². The number of nitrogen functional groups attached to an aromatic ring is 1. The topological polar surface area (TPSA) is 131 Å². The largest absolute Gasteiger partial charge is 0.395 e. The second-order valence-electron chi connectivity index (χ2n) is 7.75. The Hall–Kier alpha value is -2.94. The van der Waals surface area contributed by atoms with Crippen LogP contribution in [0.4, 0.5) is 11.4 Å². The Morgan fingerprint density at radius 3 is 2.24 bits per heavy atom. The predicted molar refractivity (Wildman–Crippen MR) is 115 cm³/mol. The molecule has 0 aliphatic rings. The lowest BCUT2D eigenvalue weighted by Crippen LogP contribution is -2.52. The third kappa shape index (κ3) is 5.11. The smallest absolute Gasteiger partial charge is 0.272 e. The molecular formula is C20H27N5O3S. The summed E-state index contributed by atoms with van der Waals surface area (Å²) in [5, 5.41) is 2.89. The van der Waals surface area contributed by atoms with Crippen LogP contribution in [0.25, 0.3) is 0 Å². The minimum atomic E-state index is -0.826. The average Bonchev–Trinajstić information content (AvgIpc) is 3.02. The number of carbonyl (C=O) groups excluding carboxylic acids is 3. The number of primary amides is 1. The van der Waals surface area contributed by atoms with Gasteiger partial charge in [0, 0.05) is 11.2 Å². The van der Waals surface area contributed by atoms with Crippen LogP contribution in [0, 0.1) is 0 Å². The van der Waals surface area contributed by atoms with Gasteiger partial charge in [0.1, 0.15) is 10.9 Å². The number of nitrogens with two attached hydrogens (primary N) is 2. The van der Waals surface area contributed by atoms with Crippen molar-refractivity contribution in [3.05, 3.63) is 40.4 Å². The number of amides is 3. The van der Waals surface area contributed by atoms with Crippen LogP contribution in [0.15, 0.2) is 24.3 Å². The van der Waals surface area contributed by atoms with Crippen LogP contribution in [-0.2, 0) is 11.2 Å². The molecule has 0 saturated heterocycles. The fraction of sp³-hybridized carbons (Fsp3) is 0.400. The number of nitrogens with zero attached hydrogens (tertiary/aromatic N) is 2. The number of rotatable bonds is 6. The summed E-state index contributed by atoms with van der Waals surface area (Å²) in [5.41, 5.74) is 12.2. The van der Waals surface area contributed by atoms with Crippen LogP contribution in [0.1, 0.15) is 60.3 Å². The highest BCUT2D eigenvalue weighted by molar-refractivity contribution is 7.09. The fourth-order valence-electron chi connectivity index (χ4n) is 2.74. The molecule has 3 amide bonds. The molecule has 0 saturated carbocycles. The molecule has 9 heteroatoms. The van der Waals surface area contributed by atoms with Gasteiger partial charge in [0.15, 0.2) is 5.69 Å². The van der Waals surface area contributed by atoms with E-state index in [1.54, 1.807) is 19.1 Å². The number of carbonyl (C=O) groups is 3. The van der Waals surface area contributed by atoms with Gasteiger partial charge < -0.3 is 16.8 Å². The van der Waals surface area contributed by atoms with Crippen molar-refractivity contribution in [2.24, 2.45) is 5.73 Å². The molecule has 0 unspecified atom stereocenters. The van der Waals surface area contributed by atoms with E-state index < -0.39 is 23.4 Å². The van der Waals surface area contributed by atoms with E-state index in [0.29, 0.717) is 5.69 Å².